The van der Waals surface area contributed by atoms with E-state index in [2.05, 4.69) is 152 Å². The zero-order valence-electron chi connectivity index (χ0n) is 30.5. The van der Waals surface area contributed by atoms with Gasteiger partial charge in [0, 0.05) is 26.5 Å². The third-order valence-corrected chi connectivity index (χ3v) is 11.8. The number of fused-ring (bicyclic) bond motifs is 2. The Balaban J connectivity index is 1.06. The second kappa shape index (κ2) is 14.4. The van der Waals surface area contributed by atoms with E-state index in [4.69, 9.17) is 15.0 Å². The molecule has 0 radical (unpaired) electrons. The van der Waals surface area contributed by atoms with Gasteiger partial charge in [-0.1, -0.05) is 200 Å². The molecule has 264 valence electrons. The van der Waals surface area contributed by atoms with Gasteiger partial charge in [0.25, 0.3) is 0 Å². The van der Waals surface area contributed by atoms with Gasteiger partial charge in [0.05, 0.1) is 5.41 Å². The van der Waals surface area contributed by atoms with Crippen molar-refractivity contribution >= 4 is 11.8 Å². The molecule has 56 heavy (non-hydrogen) atoms. The average molecular weight is 734 g/mol. The Kier molecular flexibility index (Phi) is 8.66. The SMILES string of the molecule is c1ccc(-c2nc(-c3ccccc3)nc(-c3cccc(-c4cccc(-c5ccc6c(c5)Sc5ccccc5C6(c5ccccc5)c5ccccc5)c4)c3)n2)cc1. The van der Waals surface area contributed by atoms with E-state index in [1.54, 1.807) is 0 Å². The van der Waals surface area contributed by atoms with E-state index < -0.39 is 5.41 Å². The molecule has 0 fully saturated rings. The van der Waals surface area contributed by atoms with Crippen molar-refractivity contribution in [3.63, 3.8) is 0 Å². The molecular formula is C52H35N3S. The molecule has 1 aromatic heterocycles. The molecule has 0 amide bonds. The highest BCUT2D eigenvalue weighted by atomic mass is 32.2. The lowest BCUT2D eigenvalue weighted by atomic mass is 9.64. The minimum atomic E-state index is -0.448. The summed E-state index contributed by atoms with van der Waals surface area (Å²) in [6.07, 6.45) is 0. The van der Waals surface area contributed by atoms with Gasteiger partial charge in [-0.05, 0) is 68.8 Å². The molecule has 0 saturated carbocycles. The van der Waals surface area contributed by atoms with E-state index in [0.717, 1.165) is 33.4 Å². The number of benzene rings is 8. The van der Waals surface area contributed by atoms with Gasteiger partial charge in [-0.15, -0.1) is 0 Å². The van der Waals surface area contributed by atoms with Crippen LogP contribution in [0.1, 0.15) is 22.3 Å². The molecule has 0 N–H and O–H groups in total. The normalized spacial score (nSPS) is 12.7. The quantitative estimate of drug-likeness (QED) is 0.163. The minimum Gasteiger partial charge on any atom is -0.208 e. The highest BCUT2D eigenvalue weighted by Gasteiger charge is 2.44. The topological polar surface area (TPSA) is 38.7 Å². The predicted octanol–water partition coefficient (Wildman–Crippen LogP) is 13.1. The van der Waals surface area contributed by atoms with Crippen molar-refractivity contribution in [1.29, 1.82) is 0 Å². The first kappa shape index (κ1) is 33.7. The monoisotopic (exact) mass is 733 g/mol. The molecule has 9 aromatic rings. The molecule has 10 rings (SSSR count). The molecule has 1 aliphatic heterocycles. The lowest BCUT2D eigenvalue weighted by molar-refractivity contribution is 0.703. The molecular weight excluding hydrogens is 699 g/mol. The zero-order chi connectivity index (χ0) is 37.3. The van der Waals surface area contributed by atoms with Gasteiger partial charge in [-0.3, -0.25) is 0 Å². The molecule has 4 heteroatoms. The molecule has 0 aliphatic carbocycles. The molecule has 0 atom stereocenters. The van der Waals surface area contributed by atoms with Crippen molar-refractivity contribution in [2.45, 2.75) is 15.2 Å². The zero-order valence-corrected chi connectivity index (χ0v) is 31.3. The van der Waals surface area contributed by atoms with Crippen LogP contribution >= 0.6 is 11.8 Å². The highest BCUT2D eigenvalue weighted by Crippen LogP contribution is 2.56. The Morgan fingerprint density at radius 1 is 0.286 bits per heavy atom. The van der Waals surface area contributed by atoms with Crippen LogP contribution in [0.4, 0.5) is 0 Å². The van der Waals surface area contributed by atoms with E-state index in [1.807, 2.05) is 72.4 Å². The predicted molar refractivity (Wildman–Crippen MR) is 229 cm³/mol. The largest absolute Gasteiger partial charge is 0.208 e. The highest BCUT2D eigenvalue weighted by molar-refractivity contribution is 7.99. The molecule has 0 unspecified atom stereocenters. The fourth-order valence-electron chi connectivity index (χ4n) is 8.04. The van der Waals surface area contributed by atoms with Crippen LogP contribution in [0.5, 0.6) is 0 Å². The number of rotatable bonds is 7. The molecule has 3 nitrogen and oxygen atoms in total. The molecule has 8 aromatic carbocycles. The van der Waals surface area contributed by atoms with Gasteiger partial charge in [0.2, 0.25) is 0 Å². The van der Waals surface area contributed by atoms with Crippen molar-refractivity contribution in [2.24, 2.45) is 0 Å². The van der Waals surface area contributed by atoms with Gasteiger partial charge in [-0.2, -0.15) is 0 Å². The van der Waals surface area contributed by atoms with Crippen LogP contribution in [0.15, 0.2) is 222 Å². The molecule has 0 bridgehead atoms. The van der Waals surface area contributed by atoms with Crippen molar-refractivity contribution in [3.8, 4) is 56.4 Å². The number of hydrogen-bond acceptors (Lipinski definition) is 4. The lowest BCUT2D eigenvalue weighted by Gasteiger charge is -2.42. The molecule has 0 spiro atoms. The second-order valence-electron chi connectivity index (χ2n) is 14.0. The summed E-state index contributed by atoms with van der Waals surface area (Å²) >= 11 is 1.86. The summed E-state index contributed by atoms with van der Waals surface area (Å²) in [6, 6.07) is 75.4. The van der Waals surface area contributed by atoms with Gasteiger partial charge in [0.1, 0.15) is 0 Å². The average Bonchev–Trinajstić information content (AvgIpc) is 3.29. The van der Waals surface area contributed by atoms with Crippen LogP contribution in [0, 0.1) is 0 Å². The standard InChI is InChI=1S/C52H35N3S/c1-5-17-36(18-6-1)49-53-50(37-19-7-2-8-20-37)55-51(54-49)42-24-16-23-40(34-42)38-21-15-22-39(33-38)41-31-32-46-48(35-41)56-47-30-14-13-29-45(47)52(46,43-25-9-3-10-26-43)44-27-11-4-12-28-44/h1-35H. The fourth-order valence-corrected chi connectivity index (χ4v) is 9.28. The Bertz CT molecular complexity index is 2720. The first-order valence-corrected chi connectivity index (χ1v) is 19.7. The molecule has 2 heterocycles. The van der Waals surface area contributed by atoms with E-state index in [9.17, 15) is 0 Å². The second-order valence-corrected chi connectivity index (χ2v) is 15.1. The Morgan fingerprint density at radius 3 is 1.23 bits per heavy atom. The minimum absolute atomic E-state index is 0.448. The first-order chi connectivity index (χ1) is 27.7. The Hall–Kier alpha value is -6.88. The fraction of sp³-hybridized carbons (Fsp3) is 0.0192. The van der Waals surface area contributed by atoms with E-state index in [0.29, 0.717) is 17.5 Å². The molecule has 1 aliphatic rings. The van der Waals surface area contributed by atoms with Crippen molar-refractivity contribution < 1.29 is 0 Å². The van der Waals surface area contributed by atoms with E-state index in [-0.39, 0.29) is 0 Å². The Labute approximate surface area is 331 Å². The van der Waals surface area contributed by atoms with Crippen LogP contribution in [0.25, 0.3) is 56.4 Å². The summed E-state index contributed by atoms with van der Waals surface area (Å²) in [5, 5.41) is 0. The maximum Gasteiger partial charge on any atom is 0.164 e. The van der Waals surface area contributed by atoms with E-state index >= 15 is 0 Å². The maximum absolute atomic E-state index is 4.99. The summed E-state index contributed by atoms with van der Waals surface area (Å²) in [5.74, 6) is 1.94. The van der Waals surface area contributed by atoms with Crippen LogP contribution in [0.3, 0.4) is 0 Å². The van der Waals surface area contributed by atoms with Crippen LogP contribution in [-0.2, 0) is 5.41 Å². The van der Waals surface area contributed by atoms with Crippen LogP contribution in [0.2, 0.25) is 0 Å². The van der Waals surface area contributed by atoms with Crippen molar-refractivity contribution in [2.75, 3.05) is 0 Å². The van der Waals surface area contributed by atoms with Crippen LogP contribution < -0.4 is 0 Å². The first-order valence-electron chi connectivity index (χ1n) is 18.9. The summed E-state index contributed by atoms with van der Waals surface area (Å²) < 4.78 is 0. The van der Waals surface area contributed by atoms with Gasteiger partial charge in [0.15, 0.2) is 17.5 Å². The summed E-state index contributed by atoms with van der Waals surface area (Å²) in [4.78, 5) is 17.4. The van der Waals surface area contributed by atoms with Crippen molar-refractivity contribution in [3.05, 3.63) is 235 Å². The molecule has 0 saturated heterocycles. The van der Waals surface area contributed by atoms with Gasteiger partial charge >= 0.3 is 0 Å². The summed E-state index contributed by atoms with van der Waals surface area (Å²) in [5.41, 5.74) is 12.1. The number of aromatic nitrogens is 3. The van der Waals surface area contributed by atoms with Crippen molar-refractivity contribution in [1.82, 2.24) is 15.0 Å². The lowest BCUT2D eigenvalue weighted by Crippen LogP contribution is -2.34. The summed E-state index contributed by atoms with van der Waals surface area (Å²) in [7, 11) is 0. The maximum atomic E-state index is 4.99. The number of hydrogen-bond donors (Lipinski definition) is 0. The van der Waals surface area contributed by atoms with Gasteiger partial charge < -0.3 is 0 Å². The van der Waals surface area contributed by atoms with E-state index in [1.165, 1.54) is 37.6 Å². The Morgan fingerprint density at radius 2 is 0.679 bits per heavy atom. The third-order valence-electron chi connectivity index (χ3n) is 10.7. The number of nitrogens with zero attached hydrogens (tertiary/aromatic N) is 3. The third kappa shape index (κ3) is 6.01. The van der Waals surface area contributed by atoms with Crippen LogP contribution in [-0.4, -0.2) is 15.0 Å². The van der Waals surface area contributed by atoms with Gasteiger partial charge in [-0.25, -0.2) is 15.0 Å². The summed E-state index contributed by atoms with van der Waals surface area (Å²) in [6.45, 7) is 0. The smallest absolute Gasteiger partial charge is 0.164 e.